The third-order valence-corrected chi connectivity index (χ3v) is 3.74. The summed E-state index contributed by atoms with van der Waals surface area (Å²) in [6.45, 7) is 6.31. The fraction of sp³-hybridized carbons (Fsp3) is 0.438. The molecule has 114 valence electrons. The Morgan fingerprint density at radius 2 is 2.10 bits per heavy atom. The van der Waals surface area contributed by atoms with Crippen LogP contribution >= 0.6 is 11.6 Å². The van der Waals surface area contributed by atoms with E-state index in [1.165, 1.54) is 0 Å². The summed E-state index contributed by atoms with van der Waals surface area (Å²) in [5.41, 5.74) is 1.55. The van der Waals surface area contributed by atoms with Gasteiger partial charge in [-0.2, -0.15) is 5.10 Å². The molecule has 21 heavy (non-hydrogen) atoms. The van der Waals surface area contributed by atoms with Gasteiger partial charge in [-0.15, -0.1) is 0 Å². The number of halogens is 1. The highest BCUT2D eigenvalue weighted by Crippen LogP contribution is 2.28. The lowest BCUT2D eigenvalue weighted by Gasteiger charge is -2.13. The number of ether oxygens (including phenoxy) is 1. The van der Waals surface area contributed by atoms with E-state index in [-0.39, 0.29) is 0 Å². The predicted octanol–water partition coefficient (Wildman–Crippen LogP) is 4.14. The molecule has 1 aromatic carbocycles. The van der Waals surface area contributed by atoms with Gasteiger partial charge in [0.15, 0.2) is 0 Å². The second kappa shape index (κ2) is 6.96. The summed E-state index contributed by atoms with van der Waals surface area (Å²) in [5, 5.41) is 14.9. The Morgan fingerprint density at radius 1 is 1.33 bits per heavy atom. The SMILES string of the molecule is CCC(C)n1ccc(COc2ccc(Cl)cc2[C@H](C)O)n1. The summed E-state index contributed by atoms with van der Waals surface area (Å²) in [6.07, 6.45) is 2.37. The number of benzene rings is 1. The monoisotopic (exact) mass is 308 g/mol. The van der Waals surface area contributed by atoms with E-state index in [2.05, 4.69) is 18.9 Å². The lowest BCUT2D eigenvalue weighted by Crippen LogP contribution is -2.06. The van der Waals surface area contributed by atoms with Crippen molar-refractivity contribution in [1.82, 2.24) is 9.78 Å². The molecule has 0 fully saturated rings. The van der Waals surface area contributed by atoms with Crippen LogP contribution < -0.4 is 4.74 Å². The molecule has 0 saturated heterocycles. The van der Waals surface area contributed by atoms with Crippen molar-refractivity contribution in [3.63, 3.8) is 0 Å². The molecule has 2 aromatic rings. The van der Waals surface area contributed by atoms with Crippen LogP contribution in [0.15, 0.2) is 30.5 Å². The van der Waals surface area contributed by atoms with Crippen LogP contribution in [0, 0.1) is 0 Å². The molecular formula is C16H21ClN2O2. The lowest BCUT2D eigenvalue weighted by molar-refractivity contribution is 0.189. The van der Waals surface area contributed by atoms with Crippen molar-refractivity contribution in [3.05, 3.63) is 46.7 Å². The largest absolute Gasteiger partial charge is 0.487 e. The van der Waals surface area contributed by atoms with Gasteiger partial charge in [0.25, 0.3) is 0 Å². The Morgan fingerprint density at radius 3 is 2.76 bits per heavy atom. The first-order valence-electron chi connectivity index (χ1n) is 7.15. The molecule has 0 radical (unpaired) electrons. The molecule has 1 heterocycles. The zero-order valence-corrected chi connectivity index (χ0v) is 13.3. The van der Waals surface area contributed by atoms with Crippen LogP contribution in [0.1, 0.15) is 50.6 Å². The number of aliphatic hydroxyl groups excluding tert-OH is 1. The van der Waals surface area contributed by atoms with Crippen molar-refractivity contribution in [3.8, 4) is 5.75 Å². The van der Waals surface area contributed by atoms with Crippen LogP contribution in [0.4, 0.5) is 0 Å². The molecule has 2 rings (SSSR count). The van der Waals surface area contributed by atoms with E-state index in [1.54, 1.807) is 25.1 Å². The first kappa shape index (κ1) is 15.9. The van der Waals surface area contributed by atoms with Gasteiger partial charge in [-0.1, -0.05) is 18.5 Å². The van der Waals surface area contributed by atoms with Gasteiger partial charge in [0.2, 0.25) is 0 Å². The van der Waals surface area contributed by atoms with Crippen molar-refractivity contribution >= 4 is 11.6 Å². The zero-order chi connectivity index (χ0) is 15.4. The summed E-state index contributed by atoms with van der Waals surface area (Å²) in [7, 11) is 0. The highest BCUT2D eigenvalue weighted by Gasteiger charge is 2.11. The second-order valence-electron chi connectivity index (χ2n) is 5.19. The Kier molecular flexibility index (Phi) is 5.26. The zero-order valence-electron chi connectivity index (χ0n) is 12.6. The number of hydrogen-bond donors (Lipinski definition) is 1. The topological polar surface area (TPSA) is 47.3 Å². The van der Waals surface area contributed by atoms with Gasteiger partial charge >= 0.3 is 0 Å². The molecule has 0 bridgehead atoms. The Balaban J connectivity index is 2.08. The quantitative estimate of drug-likeness (QED) is 0.872. The van der Waals surface area contributed by atoms with Crippen LogP contribution in [0.25, 0.3) is 0 Å². The minimum atomic E-state index is -0.628. The number of nitrogens with zero attached hydrogens (tertiary/aromatic N) is 2. The van der Waals surface area contributed by atoms with Gasteiger partial charge in [0.1, 0.15) is 12.4 Å². The molecule has 0 aliphatic rings. The fourth-order valence-electron chi connectivity index (χ4n) is 2.02. The van der Waals surface area contributed by atoms with Gasteiger partial charge in [-0.25, -0.2) is 0 Å². The number of aliphatic hydroxyl groups is 1. The molecule has 5 heteroatoms. The third-order valence-electron chi connectivity index (χ3n) is 3.50. The van der Waals surface area contributed by atoms with Crippen LogP contribution in [-0.2, 0) is 6.61 Å². The molecule has 1 aromatic heterocycles. The normalized spacial score (nSPS) is 14.0. The first-order valence-corrected chi connectivity index (χ1v) is 7.53. The fourth-order valence-corrected chi connectivity index (χ4v) is 2.20. The Bertz CT molecular complexity index is 596. The van der Waals surface area contributed by atoms with Gasteiger partial charge in [0, 0.05) is 22.8 Å². The van der Waals surface area contributed by atoms with E-state index < -0.39 is 6.10 Å². The molecule has 4 nitrogen and oxygen atoms in total. The molecule has 1 unspecified atom stereocenters. The number of aromatic nitrogens is 2. The van der Waals surface area contributed by atoms with Crippen LogP contribution in [0.3, 0.4) is 0 Å². The molecule has 1 N–H and O–H groups in total. The van der Waals surface area contributed by atoms with Gasteiger partial charge in [-0.05, 0) is 44.5 Å². The van der Waals surface area contributed by atoms with E-state index in [0.717, 1.165) is 12.1 Å². The molecule has 0 aliphatic heterocycles. The maximum absolute atomic E-state index is 9.78. The van der Waals surface area contributed by atoms with Crippen molar-refractivity contribution in [2.24, 2.45) is 0 Å². The first-order chi connectivity index (χ1) is 10.0. The Hall–Kier alpha value is -1.52. The van der Waals surface area contributed by atoms with E-state index in [4.69, 9.17) is 16.3 Å². The molecule has 0 saturated carbocycles. The summed E-state index contributed by atoms with van der Waals surface area (Å²) in [6, 6.07) is 7.57. The van der Waals surface area contributed by atoms with Gasteiger partial charge in [-0.3, -0.25) is 4.68 Å². The van der Waals surface area contributed by atoms with E-state index in [0.29, 0.717) is 29.0 Å². The van der Waals surface area contributed by atoms with Crippen LogP contribution in [-0.4, -0.2) is 14.9 Å². The smallest absolute Gasteiger partial charge is 0.132 e. The van der Waals surface area contributed by atoms with Crippen molar-refractivity contribution in [2.75, 3.05) is 0 Å². The van der Waals surface area contributed by atoms with Crippen LogP contribution in [0.2, 0.25) is 5.02 Å². The average Bonchev–Trinajstić information content (AvgIpc) is 2.93. The highest BCUT2D eigenvalue weighted by atomic mass is 35.5. The molecule has 0 amide bonds. The van der Waals surface area contributed by atoms with Gasteiger partial charge in [0.05, 0.1) is 11.8 Å². The standard InChI is InChI=1S/C16H21ClN2O2/c1-4-11(2)19-8-7-14(18-19)10-21-16-6-5-13(17)9-15(16)12(3)20/h5-9,11-12,20H,4,10H2,1-3H3/t11?,12-/m0/s1. The van der Waals surface area contributed by atoms with Crippen molar-refractivity contribution in [1.29, 1.82) is 0 Å². The predicted molar refractivity (Wildman–Crippen MR) is 83.6 cm³/mol. The minimum Gasteiger partial charge on any atom is -0.487 e. The van der Waals surface area contributed by atoms with E-state index in [9.17, 15) is 5.11 Å². The maximum atomic E-state index is 9.78. The van der Waals surface area contributed by atoms with Gasteiger partial charge < -0.3 is 9.84 Å². The summed E-state index contributed by atoms with van der Waals surface area (Å²) in [4.78, 5) is 0. The van der Waals surface area contributed by atoms with Crippen LogP contribution in [0.5, 0.6) is 5.75 Å². The summed E-state index contributed by atoms with van der Waals surface area (Å²) in [5.74, 6) is 0.632. The summed E-state index contributed by atoms with van der Waals surface area (Å²) >= 11 is 5.95. The maximum Gasteiger partial charge on any atom is 0.132 e. The molecule has 2 atom stereocenters. The average molecular weight is 309 g/mol. The number of hydrogen-bond acceptors (Lipinski definition) is 3. The van der Waals surface area contributed by atoms with E-state index >= 15 is 0 Å². The van der Waals surface area contributed by atoms with Crippen molar-refractivity contribution < 1.29 is 9.84 Å². The summed E-state index contributed by atoms with van der Waals surface area (Å²) < 4.78 is 7.71. The molecule has 0 spiro atoms. The Labute approximate surface area is 130 Å². The highest BCUT2D eigenvalue weighted by molar-refractivity contribution is 6.30. The lowest BCUT2D eigenvalue weighted by atomic mass is 10.1. The minimum absolute atomic E-state index is 0.366. The number of rotatable bonds is 6. The van der Waals surface area contributed by atoms with Crippen molar-refractivity contribution in [2.45, 2.75) is 45.9 Å². The van der Waals surface area contributed by atoms with E-state index in [1.807, 2.05) is 16.9 Å². The molecule has 0 aliphatic carbocycles. The second-order valence-corrected chi connectivity index (χ2v) is 5.63. The third kappa shape index (κ3) is 3.99. The molecular weight excluding hydrogens is 288 g/mol.